The number of benzene rings is 1. The number of aromatic nitrogens is 3. The summed E-state index contributed by atoms with van der Waals surface area (Å²) >= 11 is 0. The molecule has 2 aliphatic rings. The van der Waals surface area contributed by atoms with Gasteiger partial charge in [-0.05, 0) is 83.2 Å². The molecule has 2 aliphatic heterocycles. The van der Waals surface area contributed by atoms with Crippen molar-refractivity contribution in [3.8, 4) is 11.5 Å². The number of anilines is 2. The van der Waals surface area contributed by atoms with E-state index in [1.165, 1.54) is 32.4 Å². The van der Waals surface area contributed by atoms with E-state index in [2.05, 4.69) is 20.1 Å². The van der Waals surface area contributed by atoms with Gasteiger partial charge >= 0.3 is 0 Å². The third-order valence-electron chi connectivity index (χ3n) is 7.61. The summed E-state index contributed by atoms with van der Waals surface area (Å²) < 4.78 is 11.9. The second kappa shape index (κ2) is 12.0. The summed E-state index contributed by atoms with van der Waals surface area (Å²) in [5.41, 5.74) is 3.23. The monoisotopic (exact) mass is 520 g/mol. The molecule has 0 bridgehead atoms. The van der Waals surface area contributed by atoms with Gasteiger partial charge < -0.3 is 29.6 Å². The summed E-state index contributed by atoms with van der Waals surface area (Å²) in [5, 5.41) is 4.28. The zero-order valence-corrected chi connectivity index (χ0v) is 22.9. The molecule has 2 fully saturated rings. The third-order valence-corrected chi connectivity index (χ3v) is 7.61. The van der Waals surface area contributed by atoms with E-state index in [9.17, 15) is 4.79 Å². The second-order valence-electron chi connectivity index (χ2n) is 10.5. The van der Waals surface area contributed by atoms with Crippen LogP contribution in [0.5, 0.6) is 11.5 Å². The molecule has 0 spiro atoms. The van der Waals surface area contributed by atoms with Crippen molar-refractivity contribution in [3.63, 3.8) is 0 Å². The van der Waals surface area contributed by atoms with Crippen molar-refractivity contribution >= 4 is 22.7 Å². The summed E-state index contributed by atoms with van der Waals surface area (Å²) in [6.07, 6.45) is 7.07. The molecule has 2 N–H and O–H groups in total. The van der Waals surface area contributed by atoms with Crippen LogP contribution >= 0.6 is 0 Å². The molecule has 9 nitrogen and oxygen atoms in total. The van der Waals surface area contributed by atoms with Crippen molar-refractivity contribution in [1.82, 2.24) is 19.9 Å². The number of nitrogens with one attached hydrogen (secondary N) is 2. The van der Waals surface area contributed by atoms with Crippen LogP contribution in [-0.4, -0.2) is 66.3 Å². The highest BCUT2D eigenvalue weighted by atomic mass is 16.5. The molecular formula is C29H40N6O3. The lowest BCUT2D eigenvalue weighted by atomic mass is 10.1. The van der Waals surface area contributed by atoms with Crippen LogP contribution in [0.2, 0.25) is 0 Å². The molecule has 2 aromatic heterocycles. The standard InChI is InChI=1S/C29H40N6O3/c1-20-16-21(2)31-28(36)23(20)19-30-27-22-17-25(37-3)26(38-15-9-12-34-10-7-8-11-34)18-24(22)32-29(33-27)35-13-5-4-6-14-35/h16-18H,4-15,19H2,1-3H3,(H,31,36)(H,30,32,33). The number of nitrogens with zero attached hydrogens (tertiary/aromatic N) is 4. The normalized spacial score (nSPS) is 16.2. The molecule has 204 valence electrons. The summed E-state index contributed by atoms with van der Waals surface area (Å²) in [5.74, 6) is 2.75. The molecule has 5 rings (SSSR count). The van der Waals surface area contributed by atoms with Gasteiger partial charge in [-0.25, -0.2) is 4.98 Å². The van der Waals surface area contributed by atoms with Gasteiger partial charge in [-0.1, -0.05) is 0 Å². The maximum Gasteiger partial charge on any atom is 0.253 e. The lowest BCUT2D eigenvalue weighted by molar-refractivity contribution is 0.254. The fourth-order valence-corrected chi connectivity index (χ4v) is 5.52. The van der Waals surface area contributed by atoms with Crippen LogP contribution in [0.15, 0.2) is 23.0 Å². The fourth-order valence-electron chi connectivity index (χ4n) is 5.52. The third kappa shape index (κ3) is 6.04. The van der Waals surface area contributed by atoms with Crippen molar-refractivity contribution in [2.45, 2.75) is 58.9 Å². The Morgan fingerprint density at radius 1 is 0.974 bits per heavy atom. The number of pyridine rings is 1. The van der Waals surface area contributed by atoms with Crippen LogP contribution < -0.4 is 25.2 Å². The highest BCUT2D eigenvalue weighted by Crippen LogP contribution is 2.36. The number of methoxy groups -OCH3 is 1. The summed E-state index contributed by atoms with van der Waals surface area (Å²) in [6, 6.07) is 5.90. The van der Waals surface area contributed by atoms with Crippen molar-refractivity contribution in [2.75, 3.05) is 56.7 Å². The van der Waals surface area contributed by atoms with E-state index in [0.29, 0.717) is 42.0 Å². The Balaban J connectivity index is 1.43. The molecule has 0 saturated carbocycles. The molecule has 9 heteroatoms. The van der Waals surface area contributed by atoms with Gasteiger partial charge in [0, 0.05) is 48.9 Å². The molecular weight excluding hydrogens is 480 g/mol. The molecule has 38 heavy (non-hydrogen) atoms. The SMILES string of the molecule is COc1cc2c(NCc3c(C)cc(C)[nH]c3=O)nc(N3CCCCC3)nc2cc1OCCCN1CCCC1. The number of aromatic amines is 1. The Morgan fingerprint density at radius 3 is 2.47 bits per heavy atom. The van der Waals surface area contributed by atoms with E-state index in [1.807, 2.05) is 32.0 Å². The smallest absolute Gasteiger partial charge is 0.253 e. The minimum absolute atomic E-state index is 0.0770. The van der Waals surface area contributed by atoms with Crippen LogP contribution in [0, 0.1) is 13.8 Å². The van der Waals surface area contributed by atoms with Gasteiger partial charge in [-0.2, -0.15) is 4.98 Å². The van der Waals surface area contributed by atoms with Crippen LogP contribution in [0.3, 0.4) is 0 Å². The zero-order valence-electron chi connectivity index (χ0n) is 22.9. The molecule has 3 aromatic rings. The zero-order chi connectivity index (χ0) is 26.5. The quantitative estimate of drug-likeness (QED) is 0.380. The Kier molecular flexibility index (Phi) is 8.32. The minimum atomic E-state index is -0.0770. The number of likely N-dealkylation sites (tertiary alicyclic amines) is 1. The van der Waals surface area contributed by atoms with E-state index in [1.54, 1.807) is 7.11 Å². The summed E-state index contributed by atoms with van der Waals surface area (Å²) in [7, 11) is 1.66. The topological polar surface area (TPSA) is 95.6 Å². The van der Waals surface area contributed by atoms with E-state index >= 15 is 0 Å². The van der Waals surface area contributed by atoms with Crippen LogP contribution in [0.25, 0.3) is 10.9 Å². The maximum atomic E-state index is 12.6. The number of hydrogen-bond acceptors (Lipinski definition) is 8. The summed E-state index contributed by atoms with van der Waals surface area (Å²) in [6.45, 7) is 10.2. The maximum absolute atomic E-state index is 12.6. The fraction of sp³-hybridized carbons (Fsp3) is 0.552. The Labute approximate surface area is 224 Å². The molecule has 0 atom stereocenters. The first-order chi connectivity index (χ1) is 18.5. The first-order valence-corrected chi connectivity index (χ1v) is 13.9. The van der Waals surface area contributed by atoms with E-state index in [-0.39, 0.29) is 5.56 Å². The largest absolute Gasteiger partial charge is 0.493 e. The van der Waals surface area contributed by atoms with Gasteiger partial charge in [-0.3, -0.25) is 4.79 Å². The molecule has 1 aromatic carbocycles. The molecule has 0 radical (unpaired) electrons. The Hall–Kier alpha value is -3.33. The molecule has 0 aliphatic carbocycles. The molecule has 0 unspecified atom stereocenters. The van der Waals surface area contributed by atoms with Gasteiger partial charge in [0.1, 0.15) is 5.82 Å². The van der Waals surface area contributed by atoms with Gasteiger partial charge in [-0.15, -0.1) is 0 Å². The highest BCUT2D eigenvalue weighted by molar-refractivity contribution is 5.92. The predicted octanol–water partition coefficient (Wildman–Crippen LogP) is 4.41. The number of hydrogen-bond donors (Lipinski definition) is 2. The lowest BCUT2D eigenvalue weighted by Gasteiger charge is -2.27. The average molecular weight is 521 g/mol. The first-order valence-electron chi connectivity index (χ1n) is 13.9. The van der Waals surface area contributed by atoms with Crippen molar-refractivity contribution in [1.29, 1.82) is 0 Å². The van der Waals surface area contributed by atoms with Gasteiger partial charge in [0.15, 0.2) is 11.5 Å². The van der Waals surface area contributed by atoms with Gasteiger partial charge in [0.05, 0.1) is 19.2 Å². The lowest BCUT2D eigenvalue weighted by Crippen LogP contribution is -2.31. The molecule has 0 amide bonds. The molecule has 2 saturated heterocycles. The van der Waals surface area contributed by atoms with Crippen molar-refractivity contribution in [3.05, 3.63) is 45.4 Å². The van der Waals surface area contributed by atoms with E-state index in [0.717, 1.165) is 61.1 Å². The first kappa shape index (κ1) is 26.3. The van der Waals surface area contributed by atoms with Crippen LogP contribution in [0.4, 0.5) is 11.8 Å². The Morgan fingerprint density at radius 2 is 1.74 bits per heavy atom. The van der Waals surface area contributed by atoms with E-state index < -0.39 is 0 Å². The van der Waals surface area contributed by atoms with Crippen LogP contribution in [0.1, 0.15) is 55.3 Å². The summed E-state index contributed by atoms with van der Waals surface area (Å²) in [4.78, 5) is 30.2. The van der Waals surface area contributed by atoms with Crippen molar-refractivity contribution < 1.29 is 9.47 Å². The van der Waals surface area contributed by atoms with Crippen LogP contribution in [-0.2, 0) is 6.54 Å². The molecule has 4 heterocycles. The predicted molar refractivity (Wildman–Crippen MR) is 152 cm³/mol. The van der Waals surface area contributed by atoms with Gasteiger partial charge in [0.2, 0.25) is 5.95 Å². The number of fused-ring (bicyclic) bond motifs is 1. The Bertz CT molecular complexity index is 1310. The van der Waals surface area contributed by atoms with E-state index in [4.69, 9.17) is 19.4 Å². The number of ether oxygens (including phenoxy) is 2. The van der Waals surface area contributed by atoms with Gasteiger partial charge in [0.25, 0.3) is 5.56 Å². The highest BCUT2D eigenvalue weighted by Gasteiger charge is 2.19. The number of piperidine rings is 1. The number of rotatable bonds is 10. The number of H-pyrrole nitrogens is 1. The number of aryl methyl sites for hydroxylation is 2. The average Bonchev–Trinajstić information content (AvgIpc) is 3.44. The van der Waals surface area contributed by atoms with Crippen molar-refractivity contribution in [2.24, 2.45) is 0 Å². The minimum Gasteiger partial charge on any atom is -0.493 e. The second-order valence-corrected chi connectivity index (χ2v) is 10.5.